The number of benzene rings is 1. The third kappa shape index (κ3) is 7.07. The predicted octanol–water partition coefficient (Wildman–Crippen LogP) is 3.79. The van der Waals surface area contributed by atoms with Gasteiger partial charge < -0.3 is 25.8 Å². The van der Waals surface area contributed by atoms with Gasteiger partial charge in [-0.15, -0.1) is 0 Å². The van der Waals surface area contributed by atoms with Gasteiger partial charge in [0.05, 0.1) is 5.56 Å². The number of piperazine rings is 1. The summed E-state index contributed by atoms with van der Waals surface area (Å²) in [6, 6.07) is 5.89. The maximum Gasteiger partial charge on any atom is 0.253 e. The molecule has 0 atom stereocenters. The van der Waals surface area contributed by atoms with Crippen LogP contribution in [0.5, 0.6) is 0 Å². The summed E-state index contributed by atoms with van der Waals surface area (Å²) in [5.41, 5.74) is 7.02. The zero-order valence-electron chi connectivity index (χ0n) is 21.9. The molecule has 0 aliphatic carbocycles. The van der Waals surface area contributed by atoms with Gasteiger partial charge in [0.2, 0.25) is 12.3 Å². The van der Waals surface area contributed by atoms with Crippen molar-refractivity contribution in [3.05, 3.63) is 51.8 Å². The van der Waals surface area contributed by atoms with E-state index in [0.29, 0.717) is 24.9 Å². The Balaban J connectivity index is 1.54. The Morgan fingerprint density at radius 1 is 1.08 bits per heavy atom. The molecule has 8 nitrogen and oxygen atoms in total. The van der Waals surface area contributed by atoms with Gasteiger partial charge in [0.1, 0.15) is 0 Å². The van der Waals surface area contributed by atoms with Crippen LogP contribution in [0.4, 0.5) is 5.69 Å². The number of amides is 3. The summed E-state index contributed by atoms with van der Waals surface area (Å²) in [6.07, 6.45) is 5.86. The van der Waals surface area contributed by atoms with E-state index in [1.807, 2.05) is 56.9 Å². The van der Waals surface area contributed by atoms with Crippen molar-refractivity contribution in [2.75, 3.05) is 38.0 Å². The molecule has 2 heterocycles. The Hall–Kier alpha value is -3.39. The fourth-order valence-electron chi connectivity index (χ4n) is 4.67. The monoisotopic (exact) mass is 493 g/mol. The standard InChI is InChI=1S/C28H39N5O3/c1-19-9-10-24(31-18-34)23(16-19)20(2)17-25-21(3)27(22(4)32-25)28(36)30-11-7-5-6-8-26(35)33-14-12-29-13-15-33/h9-10,16-18,29,32H,5-8,11-15H2,1-4H3,(H,30,36)(H,31,34)/b20-17+. The molecule has 1 aromatic heterocycles. The predicted molar refractivity (Wildman–Crippen MR) is 145 cm³/mol. The van der Waals surface area contributed by atoms with Crippen LogP contribution in [0.2, 0.25) is 0 Å². The molecular weight excluding hydrogens is 454 g/mol. The van der Waals surface area contributed by atoms with Crippen molar-refractivity contribution in [3.8, 4) is 0 Å². The minimum atomic E-state index is -0.0886. The minimum absolute atomic E-state index is 0.0886. The number of aromatic nitrogens is 1. The van der Waals surface area contributed by atoms with Gasteiger partial charge in [-0.25, -0.2) is 0 Å². The molecule has 2 aromatic rings. The molecule has 1 fully saturated rings. The van der Waals surface area contributed by atoms with Crippen molar-refractivity contribution in [1.29, 1.82) is 0 Å². The number of hydrogen-bond donors (Lipinski definition) is 4. The van der Waals surface area contributed by atoms with Crippen molar-refractivity contribution < 1.29 is 14.4 Å². The summed E-state index contributed by atoms with van der Waals surface area (Å²) in [6.45, 7) is 11.8. The number of nitrogens with one attached hydrogen (secondary N) is 4. The van der Waals surface area contributed by atoms with Gasteiger partial charge in [0.15, 0.2) is 0 Å². The second-order valence-corrected chi connectivity index (χ2v) is 9.50. The van der Waals surface area contributed by atoms with Gasteiger partial charge in [-0.05, 0) is 69.9 Å². The van der Waals surface area contributed by atoms with E-state index in [0.717, 1.165) is 84.8 Å². The highest BCUT2D eigenvalue weighted by atomic mass is 16.2. The van der Waals surface area contributed by atoms with Crippen LogP contribution in [0.1, 0.15) is 71.0 Å². The molecule has 0 saturated carbocycles. The molecule has 1 saturated heterocycles. The first-order valence-corrected chi connectivity index (χ1v) is 12.8. The largest absolute Gasteiger partial charge is 0.358 e. The normalized spacial score (nSPS) is 14.0. The highest BCUT2D eigenvalue weighted by molar-refractivity contribution is 5.98. The lowest BCUT2D eigenvalue weighted by molar-refractivity contribution is -0.131. The van der Waals surface area contributed by atoms with E-state index in [9.17, 15) is 14.4 Å². The topological polar surface area (TPSA) is 106 Å². The van der Waals surface area contributed by atoms with Crippen molar-refractivity contribution in [3.63, 3.8) is 0 Å². The average Bonchev–Trinajstić information content (AvgIpc) is 3.15. The summed E-state index contributed by atoms with van der Waals surface area (Å²) in [5, 5.41) is 9.05. The molecule has 4 N–H and O–H groups in total. The number of carbonyl (C=O) groups excluding carboxylic acids is 3. The molecule has 36 heavy (non-hydrogen) atoms. The Morgan fingerprint density at radius 2 is 1.83 bits per heavy atom. The lowest BCUT2D eigenvalue weighted by Crippen LogP contribution is -2.46. The lowest BCUT2D eigenvalue weighted by atomic mass is 10.0. The Kier molecular flexibility index (Phi) is 9.87. The maximum atomic E-state index is 12.9. The zero-order chi connectivity index (χ0) is 26.1. The van der Waals surface area contributed by atoms with Gasteiger partial charge in [0.25, 0.3) is 5.91 Å². The molecule has 1 aliphatic heterocycles. The highest BCUT2D eigenvalue weighted by Gasteiger charge is 2.18. The van der Waals surface area contributed by atoms with Gasteiger partial charge in [-0.3, -0.25) is 14.4 Å². The second-order valence-electron chi connectivity index (χ2n) is 9.50. The Morgan fingerprint density at radius 3 is 2.56 bits per heavy atom. The minimum Gasteiger partial charge on any atom is -0.358 e. The number of anilines is 1. The third-order valence-electron chi connectivity index (χ3n) is 6.70. The lowest BCUT2D eigenvalue weighted by Gasteiger charge is -2.27. The number of nitrogens with zero attached hydrogens (tertiary/aromatic N) is 1. The van der Waals surface area contributed by atoms with Crippen LogP contribution in [0, 0.1) is 20.8 Å². The second kappa shape index (κ2) is 13.1. The smallest absolute Gasteiger partial charge is 0.253 e. The number of rotatable bonds is 11. The number of aromatic amines is 1. The fourth-order valence-corrected chi connectivity index (χ4v) is 4.67. The number of carbonyl (C=O) groups is 3. The Bertz CT molecular complexity index is 1110. The number of allylic oxidation sites excluding steroid dienone is 1. The molecule has 0 radical (unpaired) electrons. The molecule has 194 valence electrons. The quantitative estimate of drug-likeness (QED) is 0.282. The molecule has 0 unspecified atom stereocenters. The SMILES string of the molecule is C/C(=C\c1[nH]c(C)c(C(=O)NCCCCCC(=O)N2CCNCC2)c1C)c1cc(C)ccc1NC=O. The molecular formula is C28H39N5O3. The van der Waals surface area contributed by atoms with Crippen molar-refractivity contribution >= 4 is 35.6 Å². The molecule has 0 bridgehead atoms. The number of unbranched alkanes of at least 4 members (excludes halogenated alkanes) is 2. The van der Waals surface area contributed by atoms with Crippen LogP contribution < -0.4 is 16.0 Å². The number of hydrogen-bond acceptors (Lipinski definition) is 4. The summed E-state index contributed by atoms with van der Waals surface area (Å²) >= 11 is 0. The molecule has 3 rings (SSSR count). The van der Waals surface area contributed by atoms with Gasteiger partial charge in [-0.1, -0.05) is 18.1 Å². The summed E-state index contributed by atoms with van der Waals surface area (Å²) in [7, 11) is 0. The van der Waals surface area contributed by atoms with Crippen molar-refractivity contribution in [1.82, 2.24) is 20.5 Å². The van der Waals surface area contributed by atoms with Crippen LogP contribution in [0.3, 0.4) is 0 Å². The Labute approximate surface area is 213 Å². The number of H-pyrrole nitrogens is 1. The van der Waals surface area contributed by atoms with Crippen molar-refractivity contribution in [2.24, 2.45) is 0 Å². The third-order valence-corrected chi connectivity index (χ3v) is 6.70. The maximum absolute atomic E-state index is 12.9. The van der Waals surface area contributed by atoms with E-state index in [2.05, 4.69) is 20.9 Å². The van der Waals surface area contributed by atoms with Crippen LogP contribution in [-0.4, -0.2) is 60.8 Å². The fraction of sp³-hybridized carbons (Fsp3) is 0.464. The van der Waals surface area contributed by atoms with Crippen LogP contribution in [0.15, 0.2) is 18.2 Å². The van der Waals surface area contributed by atoms with Crippen molar-refractivity contribution in [2.45, 2.75) is 53.4 Å². The summed E-state index contributed by atoms with van der Waals surface area (Å²) < 4.78 is 0. The van der Waals surface area contributed by atoms with Gasteiger partial charge in [0, 0.05) is 61.8 Å². The van der Waals surface area contributed by atoms with E-state index in [4.69, 9.17) is 0 Å². The summed E-state index contributed by atoms with van der Waals surface area (Å²) in [5.74, 6) is 0.143. The van der Waals surface area contributed by atoms with E-state index in [-0.39, 0.29) is 11.8 Å². The molecule has 0 spiro atoms. The zero-order valence-corrected chi connectivity index (χ0v) is 21.9. The first-order valence-electron chi connectivity index (χ1n) is 12.8. The molecule has 1 aromatic carbocycles. The average molecular weight is 494 g/mol. The van der Waals surface area contributed by atoms with Gasteiger partial charge >= 0.3 is 0 Å². The summed E-state index contributed by atoms with van der Waals surface area (Å²) in [4.78, 5) is 41.4. The first kappa shape index (κ1) is 27.2. The van der Waals surface area contributed by atoms with Gasteiger partial charge in [-0.2, -0.15) is 0 Å². The van der Waals surface area contributed by atoms with E-state index < -0.39 is 0 Å². The van der Waals surface area contributed by atoms with E-state index in [1.54, 1.807) is 0 Å². The van der Waals surface area contributed by atoms with Crippen LogP contribution in [0.25, 0.3) is 11.6 Å². The molecule has 1 aliphatic rings. The number of aryl methyl sites for hydroxylation is 2. The molecule has 8 heteroatoms. The van der Waals surface area contributed by atoms with Crippen LogP contribution >= 0.6 is 0 Å². The van der Waals surface area contributed by atoms with E-state index >= 15 is 0 Å². The van der Waals surface area contributed by atoms with Crippen LogP contribution in [-0.2, 0) is 9.59 Å². The van der Waals surface area contributed by atoms with E-state index in [1.165, 1.54) is 0 Å². The highest BCUT2D eigenvalue weighted by Crippen LogP contribution is 2.28. The first-order chi connectivity index (χ1) is 17.3. The molecule has 3 amide bonds.